The molecule has 0 saturated carbocycles. The summed E-state index contributed by atoms with van der Waals surface area (Å²) in [7, 11) is 0. The van der Waals surface area contributed by atoms with Gasteiger partial charge < -0.3 is 5.73 Å². The van der Waals surface area contributed by atoms with E-state index in [4.69, 9.17) is 5.73 Å². The van der Waals surface area contributed by atoms with Gasteiger partial charge >= 0.3 is 0 Å². The molecule has 0 spiro atoms. The monoisotopic (exact) mass is 349 g/mol. The van der Waals surface area contributed by atoms with Gasteiger partial charge in [-0.2, -0.15) is 0 Å². The number of rotatable bonds is 5. The second kappa shape index (κ2) is 7.30. The van der Waals surface area contributed by atoms with E-state index in [0.29, 0.717) is 5.25 Å². The minimum Gasteiger partial charge on any atom is -0.327 e. The molecule has 0 saturated heterocycles. The molecule has 0 amide bonds. The smallest absolute Gasteiger partial charge is 0.0460 e. The molecule has 2 N–H and O–H groups in total. The van der Waals surface area contributed by atoms with E-state index in [1.165, 1.54) is 16.7 Å². The summed E-state index contributed by atoms with van der Waals surface area (Å²) in [5.41, 5.74) is 10.1. The molecule has 106 valence electrons. The van der Waals surface area contributed by atoms with Crippen molar-refractivity contribution >= 4 is 27.7 Å². The van der Waals surface area contributed by atoms with Crippen molar-refractivity contribution in [2.24, 2.45) is 5.73 Å². The predicted octanol–water partition coefficient (Wildman–Crippen LogP) is 5.08. The fourth-order valence-corrected chi connectivity index (χ4v) is 4.14. The Hall–Kier alpha value is -0.770. The Balaban J connectivity index is 2.13. The van der Waals surface area contributed by atoms with Crippen LogP contribution in [0.4, 0.5) is 0 Å². The standard InChI is InChI=1S/C17H20BrNS/c1-12-6-5-7-14(10-12)11-20-17(13(2)19)15-8-3-4-9-16(15)18/h3-10,13,17H,11,19H2,1-2H3. The van der Waals surface area contributed by atoms with Gasteiger partial charge in [0.2, 0.25) is 0 Å². The molecule has 0 fully saturated rings. The molecule has 2 rings (SSSR count). The van der Waals surface area contributed by atoms with Gasteiger partial charge in [-0.3, -0.25) is 0 Å². The molecule has 0 radical (unpaired) electrons. The minimum absolute atomic E-state index is 0.114. The number of benzene rings is 2. The minimum atomic E-state index is 0.114. The molecule has 20 heavy (non-hydrogen) atoms. The van der Waals surface area contributed by atoms with Gasteiger partial charge in [0.05, 0.1) is 0 Å². The molecule has 0 aliphatic carbocycles. The van der Waals surface area contributed by atoms with Gasteiger partial charge in [0.1, 0.15) is 0 Å². The highest BCUT2D eigenvalue weighted by Gasteiger charge is 2.19. The molecular weight excluding hydrogens is 330 g/mol. The van der Waals surface area contributed by atoms with Crippen LogP contribution in [0.3, 0.4) is 0 Å². The maximum atomic E-state index is 6.19. The number of halogens is 1. The van der Waals surface area contributed by atoms with Gasteiger partial charge in [0, 0.05) is 21.5 Å². The van der Waals surface area contributed by atoms with Crippen LogP contribution in [0.5, 0.6) is 0 Å². The molecule has 0 heterocycles. The Bertz CT molecular complexity index is 568. The summed E-state index contributed by atoms with van der Waals surface area (Å²) in [6, 6.07) is 17.1. The second-order valence-corrected chi connectivity index (χ2v) is 7.09. The van der Waals surface area contributed by atoms with E-state index in [1.54, 1.807) is 0 Å². The summed E-state index contributed by atoms with van der Waals surface area (Å²) < 4.78 is 1.14. The van der Waals surface area contributed by atoms with E-state index in [1.807, 2.05) is 17.8 Å². The first-order valence-electron chi connectivity index (χ1n) is 6.75. The first-order valence-corrected chi connectivity index (χ1v) is 8.59. The Morgan fingerprint density at radius 1 is 1.15 bits per heavy atom. The Kier molecular flexibility index (Phi) is 5.70. The highest BCUT2D eigenvalue weighted by molar-refractivity contribution is 9.10. The van der Waals surface area contributed by atoms with Gasteiger partial charge in [-0.15, -0.1) is 11.8 Å². The number of thioether (sulfide) groups is 1. The van der Waals surface area contributed by atoms with E-state index in [0.717, 1.165) is 10.2 Å². The van der Waals surface area contributed by atoms with E-state index in [-0.39, 0.29) is 6.04 Å². The zero-order chi connectivity index (χ0) is 14.5. The van der Waals surface area contributed by atoms with Crippen LogP contribution in [-0.2, 0) is 5.75 Å². The van der Waals surface area contributed by atoms with E-state index < -0.39 is 0 Å². The van der Waals surface area contributed by atoms with Gasteiger partial charge in [0.15, 0.2) is 0 Å². The maximum absolute atomic E-state index is 6.19. The van der Waals surface area contributed by atoms with E-state index in [9.17, 15) is 0 Å². The van der Waals surface area contributed by atoms with Crippen LogP contribution >= 0.6 is 27.7 Å². The summed E-state index contributed by atoms with van der Waals surface area (Å²) in [5, 5.41) is 0.297. The Morgan fingerprint density at radius 3 is 2.55 bits per heavy atom. The van der Waals surface area contributed by atoms with Crippen LogP contribution < -0.4 is 5.73 Å². The third kappa shape index (κ3) is 4.11. The molecule has 1 nitrogen and oxygen atoms in total. The summed E-state index contributed by atoms with van der Waals surface area (Å²) in [6.07, 6.45) is 0. The van der Waals surface area contributed by atoms with Crippen molar-refractivity contribution in [2.45, 2.75) is 30.9 Å². The van der Waals surface area contributed by atoms with Gasteiger partial charge in [-0.25, -0.2) is 0 Å². The van der Waals surface area contributed by atoms with E-state index in [2.05, 4.69) is 72.2 Å². The predicted molar refractivity (Wildman–Crippen MR) is 93.0 cm³/mol. The summed E-state index contributed by atoms with van der Waals surface area (Å²) in [5.74, 6) is 0.981. The molecule has 3 heteroatoms. The average molecular weight is 350 g/mol. The third-order valence-electron chi connectivity index (χ3n) is 3.20. The lowest BCUT2D eigenvalue weighted by Gasteiger charge is -2.22. The number of hydrogen-bond acceptors (Lipinski definition) is 2. The van der Waals surface area contributed by atoms with Crippen LogP contribution in [-0.4, -0.2) is 6.04 Å². The van der Waals surface area contributed by atoms with E-state index >= 15 is 0 Å². The van der Waals surface area contributed by atoms with Crippen LogP contribution in [0.1, 0.15) is 28.9 Å². The quantitative estimate of drug-likeness (QED) is 0.814. The highest BCUT2D eigenvalue weighted by atomic mass is 79.9. The fraction of sp³-hybridized carbons (Fsp3) is 0.294. The normalized spacial score (nSPS) is 14.0. The molecule has 2 atom stereocenters. The number of nitrogens with two attached hydrogens (primary N) is 1. The second-order valence-electron chi connectivity index (χ2n) is 5.10. The van der Waals surface area contributed by atoms with Crippen molar-refractivity contribution in [1.82, 2.24) is 0 Å². The van der Waals surface area contributed by atoms with Crippen molar-refractivity contribution in [3.8, 4) is 0 Å². The van der Waals surface area contributed by atoms with Crippen molar-refractivity contribution in [1.29, 1.82) is 0 Å². The van der Waals surface area contributed by atoms with Crippen LogP contribution in [0.15, 0.2) is 53.0 Å². The zero-order valence-electron chi connectivity index (χ0n) is 11.8. The van der Waals surface area contributed by atoms with Gasteiger partial charge in [-0.05, 0) is 31.0 Å². The van der Waals surface area contributed by atoms with Crippen molar-refractivity contribution in [3.63, 3.8) is 0 Å². The maximum Gasteiger partial charge on any atom is 0.0460 e. The molecule has 2 aromatic rings. The van der Waals surface area contributed by atoms with Crippen molar-refractivity contribution in [3.05, 3.63) is 69.7 Å². The fourth-order valence-electron chi connectivity index (χ4n) is 2.22. The van der Waals surface area contributed by atoms with Gasteiger partial charge in [-0.1, -0.05) is 64.0 Å². The first-order chi connectivity index (χ1) is 9.58. The first kappa shape index (κ1) is 15.6. The Morgan fingerprint density at radius 2 is 1.90 bits per heavy atom. The van der Waals surface area contributed by atoms with Gasteiger partial charge in [0.25, 0.3) is 0 Å². The molecular formula is C17H20BrNS. The van der Waals surface area contributed by atoms with Crippen molar-refractivity contribution < 1.29 is 0 Å². The SMILES string of the molecule is Cc1cccc(CSC(c2ccccc2Br)C(C)N)c1. The number of aryl methyl sites for hydroxylation is 1. The molecule has 0 bridgehead atoms. The summed E-state index contributed by atoms with van der Waals surface area (Å²) >= 11 is 5.54. The average Bonchev–Trinajstić information content (AvgIpc) is 2.40. The van der Waals surface area contributed by atoms with Crippen LogP contribution in [0.2, 0.25) is 0 Å². The summed E-state index contributed by atoms with van der Waals surface area (Å²) in [6.45, 7) is 4.21. The molecule has 0 aliphatic heterocycles. The topological polar surface area (TPSA) is 26.0 Å². The van der Waals surface area contributed by atoms with Crippen LogP contribution in [0, 0.1) is 6.92 Å². The lowest BCUT2D eigenvalue weighted by Crippen LogP contribution is -2.23. The molecule has 0 aromatic heterocycles. The molecule has 0 aliphatic rings. The summed E-state index contributed by atoms with van der Waals surface area (Å²) in [4.78, 5) is 0. The molecule has 2 unspecified atom stereocenters. The number of hydrogen-bond donors (Lipinski definition) is 1. The third-order valence-corrected chi connectivity index (χ3v) is 5.47. The lowest BCUT2D eigenvalue weighted by atomic mass is 10.1. The highest BCUT2D eigenvalue weighted by Crippen LogP contribution is 2.37. The van der Waals surface area contributed by atoms with Crippen molar-refractivity contribution in [2.75, 3.05) is 0 Å². The largest absolute Gasteiger partial charge is 0.327 e. The zero-order valence-corrected chi connectivity index (χ0v) is 14.2. The van der Waals surface area contributed by atoms with Crippen LogP contribution in [0.25, 0.3) is 0 Å². The molecule has 2 aromatic carbocycles. The lowest BCUT2D eigenvalue weighted by molar-refractivity contribution is 0.719. The Labute approximate surface area is 134 Å².